The van der Waals surface area contributed by atoms with Crippen molar-refractivity contribution in [2.75, 3.05) is 54.7 Å². The van der Waals surface area contributed by atoms with Gasteiger partial charge in [0, 0.05) is 48.4 Å². The van der Waals surface area contributed by atoms with Gasteiger partial charge in [-0.25, -0.2) is 9.38 Å². The molecule has 1 unspecified atom stereocenters. The molecule has 0 spiro atoms. The van der Waals surface area contributed by atoms with Gasteiger partial charge in [-0.15, -0.1) is 0 Å². The van der Waals surface area contributed by atoms with Crippen LogP contribution in [0.5, 0.6) is 0 Å². The van der Waals surface area contributed by atoms with Gasteiger partial charge in [-0.3, -0.25) is 9.69 Å². The van der Waals surface area contributed by atoms with Crippen molar-refractivity contribution in [1.29, 1.82) is 0 Å². The summed E-state index contributed by atoms with van der Waals surface area (Å²) in [6.45, 7) is 11.5. The molecule has 1 heterocycles. The maximum Gasteiger partial charge on any atom is 0.247 e. The van der Waals surface area contributed by atoms with Gasteiger partial charge < -0.3 is 26.0 Å². The Hall–Kier alpha value is -4.11. The van der Waals surface area contributed by atoms with E-state index in [1.54, 1.807) is 19.4 Å². The van der Waals surface area contributed by atoms with E-state index in [-0.39, 0.29) is 12.6 Å². The number of carbonyl (C=O) groups excluding carboxylic acids is 1. The summed E-state index contributed by atoms with van der Waals surface area (Å²) in [4.78, 5) is 18.5. The SMILES string of the molecule is C=CC(=O)Nc1cccc(N/C(C)=C(/C=N\C(Nc2ccc(NC3CCN(CCF)C3)cc2)=C(/C)CC)OC)c1. The van der Waals surface area contributed by atoms with Crippen LogP contribution in [0.25, 0.3) is 0 Å². The number of amides is 1. The summed E-state index contributed by atoms with van der Waals surface area (Å²) in [5.41, 5.74) is 5.28. The van der Waals surface area contributed by atoms with Crippen LogP contribution >= 0.6 is 0 Å². The average molecular weight is 549 g/mol. The minimum absolute atomic E-state index is 0.270. The first-order valence-corrected chi connectivity index (χ1v) is 13.6. The van der Waals surface area contributed by atoms with Gasteiger partial charge in [0.2, 0.25) is 5.91 Å². The quantitative estimate of drug-likeness (QED) is 0.124. The minimum Gasteiger partial charge on any atom is -0.493 e. The van der Waals surface area contributed by atoms with Crippen LogP contribution in [0.2, 0.25) is 0 Å². The number of rotatable bonds is 14. The van der Waals surface area contributed by atoms with Gasteiger partial charge in [-0.2, -0.15) is 0 Å². The molecule has 9 heteroatoms. The highest BCUT2D eigenvalue weighted by atomic mass is 19.1. The van der Waals surface area contributed by atoms with Crippen LogP contribution in [0.15, 0.2) is 89.0 Å². The second kappa shape index (κ2) is 15.5. The van der Waals surface area contributed by atoms with Crippen LogP contribution in [-0.2, 0) is 9.53 Å². The highest BCUT2D eigenvalue weighted by Gasteiger charge is 2.21. The smallest absolute Gasteiger partial charge is 0.247 e. The summed E-state index contributed by atoms with van der Waals surface area (Å²) < 4.78 is 18.2. The van der Waals surface area contributed by atoms with E-state index in [0.717, 1.165) is 60.1 Å². The zero-order valence-corrected chi connectivity index (χ0v) is 23.9. The number of anilines is 4. The predicted molar refractivity (Wildman–Crippen MR) is 165 cm³/mol. The summed E-state index contributed by atoms with van der Waals surface area (Å²) >= 11 is 0. The number of ether oxygens (including phenoxy) is 1. The number of likely N-dealkylation sites (tertiary alicyclic amines) is 1. The van der Waals surface area contributed by atoms with Gasteiger partial charge in [0.1, 0.15) is 12.5 Å². The monoisotopic (exact) mass is 548 g/mol. The van der Waals surface area contributed by atoms with Crippen molar-refractivity contribution in [1.82, 2.24) is 4.90 Å². The molecule has 1 fully saturated rings. The number of aliphatic imine (C=N–C) groups is 1. The molecule has 1 aliphatic rings. The number of halogens is 1. The number of carbonyl (C=O) groups is 1. The molecule has 0 bridgehead atoms. The van der Waals surface area contributed by atoms with Crippen LogP contribution in [0, 0.1) is 0 Å². The Morgan fingerprint density at radius 3 is 2.45 bits per heavy atom. The van der Waals surface area contributed by atoms with Crippen LogP contribution in [-0.4, -0.2) is 56.5 Å². The third-order valence-electron chi connectivity index (χ3n) is 6.67. The first kappa shape index (κ1) is 30.4. The third-order valence-corrected chi connectivity index (χ3v) is 6.67. The molecule has 1 saturated heterocycles. The van der Waals surface area contributed by atoms with Crippen molar-refractivity contribution in [3.8, 4) is 0 Å². The number of hydrogen-bond acceptors (Lipinski definition) is 7. The highest BCUT2D eigenvalue weighted by molar-refractivity contribution is 5.99. The number of nitrogens with one attached hydrogen (secondary N) is 4. The molecule has 8 nitrogen and oxygen atoms in total. The molecular formula is C31H41FN6O2. The normalized spacial score (nSPS) is 16.7. The predicted octanol–water partition coefficient (Wildman–Crippen LogP) is 6.38. The fourth-order valence-corrected chi connectivity index (χ4v) is 4.28. The zero-order chi connectivity index (χ0) is 28.9. The maximum absolute atomic E-state index is 12.6. The lowest BCUT2D eigenvalue weighted by molar-refractivity contribution is -0.111. The summed E-state index contributed by atoms with van der Waals surface area (Å²) in [7, 11) is 1.60. The molecule has 2 aromatic carbocycles. The molecule has 2 aromatic rings. The number of benzene rings is 2. The van der Waals surface area contributed by atoms with Crippen molar-refractivity contribution >= 4 is 34.9 Å². The van der Waals surface area contributed by atoms with Gasteiger partial charge in [-0.05, 0) is 80.8 Å². The van der Waals surface area contributed by atoms with E-state index in [1.165, 1.54) is 6.08 Å². The second-order valence-electron chi connectivity index (χ2n) is 9.66. The number of alkyl halides is 1. The molecule has 1 atom stereocenters. The minimum atomic E-state index is -0.300. The fourth-order valence-electron chi connectivity index (χ4n) is 4.28. The number of methoxy groups -OCH3 is 1. The summed E-state index contributed by atoms with van der Waals surface area (Å²) in [6.07, 6.45) is 4.77. The Balaban J connectivity index is 1.67. The van der Waals surface area contributed by atoms with Crippen molar-refractivity contribution < 1.29 is 13.9 Å². The fraction of sp³-hybridized carbons (Fsp3) is 0.355. The Bertz CT molecular complexity index is 1240. The lowest BCUT2D eigenvalue weighted by Gasteiger charge is -2.17. The molecule has 1 aliphatic heterocycles. The topological polar surface area (TPSA) is 90.0 Å². The first-order valence-electron chi connectivity index (χ1n) is 13.6. The van der Waals surface area contributed by atoms with Crippen molar-refractivity contribution in [2.24, 2.45) is 4.99 Å². The summed E-state index contributed by atoms with van der Waals surface area (Å²) in [6, 6.07) is 15.8. The van der Waals surface area contributed by atoms with Gasteiger partial charge >= 0.3 is 0 Å². The number of allylic oxidation sites excluding steroid dienone is 3. The molecule has 40 heavy (non-hydrogen) atoms. The summed E-state index contributed by atoms with van der Waals surface area (Å²) in [5, 5.41) is 13.0. The van der Waals surface area contributed by atoms with Crippen molar-refractivity contribution in [2.45, 2.75) is 39.7 Å². The largest absolute Gasteiger partial charge is 0.493 e. The maximum atomic E-state index is 12.6. The number of hydrogen-bond donors (Lipinski definition) is 4. The van der Waals surface area contributed by atoms with E-state index < -0.39 is 0 Å². The standard InChI is InChI=1S/C31H41FN6O2/c1-6-22(3)31(37-25-13-11-24(12-14-25)35-28-15-17-38(21-28)18-16-32)33-20-29(40-5)23(4)34-26-9-8-10-27(19-26)36-30(39)7-2/h7-14,19-20,28,34-35,37H,2,6,15-18,21H2,1,3-5H3,(H,36,39)/b29-23-,31-22-,33-20-. The molecular weight excluding hydrogens is 507 g/mol. The lowest BCUT2D eigenvalue weighted by Crippen LogP contribution is -2.27. The average Bonchev–Trinajstić information content (AvgIpc) is 3.40. The van der Waals surface area contributed by atoms with Crippen LogP contribution in [0.1, 0.15) is 33.6 Å². The molecule has 0 aliphatic carbocycles. The van der Waals surface area contributed by atoms with Crippen LogP contribution < -0.4 is 21.3 Å². The number of nitrogens with zero attached hydrogens (tertiary/aromatic N) is 2. The summed E-state index contributed by atoms with van der Waals surface area (Å²) in [5.74, 6) is 1.05. The van der Waals surface area contributed by atoms with Gasteiger partial charge in [0.15, 0.2) is 5.76 Å². The molecule has 3 rings (SSSR count). The molecule has 4 N–H and O–H groups in total. The van der Waals surface area contributed by atoms with Gasteiger partial charge in [0.25, 0.3) is 0 Å². The van der Waals surface area contributed by atoms with Gasteiger partial charge in [0.05, 0.1) is 19.0 Å². The molecule has 1 amide bonds. The van der Waals surface area contributed by atoms with E-state index in [0.29, 0.717) is 24.0 Å². The Labute approximate surface area is 237 Å². The first-order chi connectivity index (χ1) is 19.3. The van der Waals surface area contributed by atoms with Crippen LogP contribution in [0.3, 0.4) is 0 Å². The van der Waals surface area contributed by atoms with Crippen molar-refractivity contribution in [3.63, 3.8) is 0 Å². The van der Waals surface area contributed by atoms with E-state index in [4.69, 9.17) is 9.73 Å². The van der Waals surface area contributed by atoms with Gasteiger partial charge in [-0.1, -0.05) is 19.6 Å². The third kappa shape index (κ3) is 9.27. The molecule has 214 valence electrons. The van der Waals surface area contributed by atoms with E-state index in [9.17, 15) is 9.18 Å². The van der Waals surface area contributed by atoms with E-state index >= 15 is 0 Å². The Kier molecular flexibility index (Phi) is 11.8. The van der Waals surface area contributed by atoms with E-state index in [2.05, 4.69) is 39.7 Å². The molecule has 0 radical (unpaired) electrons. The Morgan fingerprint density at radius 1 is 1.10 bits per heavy atom. The lowest BCUT2D eigenvalue weighted by atomic mass is 10.2. The molecule has 0 aromatic heterocycles. The highest BCUT2D eigenvalue weighted by Crippen LogP contribution is 2.22. The van der Waals surface area contributed by atoms with E-state index in [1.807, 2.05) is 56.3 Å². The Morgan fingerprint density at radius 2 is 1.80 bits per heavy atom. The van der Waals surface area contributed by atoms with Crippen LogP contribution in [0.4, 0.5) is 27.1 Å². The van der Waals surface area contributed by atoms with Crippen molar-refractivity contribution in [3.05, 3.63) is 84.0 Å². The second-order valence-corrected chi connectivity index (χ2v) is 9.66. The zero-order valence-electron chi connectivity index (χ0n) is 23.9. The molecule has 0 saturated carbocycles.